The molecule has 0 aliphatic carbocycles. The fourth-order valence-corrected chi connectivity index (χ4v) is 3.19. The second kappa shape index (κ2) is 11.6. The van der Waals surface area contributed by atoms with E-state index in [-0.39, 0.29) is 25.4 Å². The Morgan fingerprint density at radius 1 is 1.06 bits per heavy atom. The summed E-state index contributed by atoms with van der Waals surface area (Å²) in [5.74, 6) is 5.68. The predicted molar refractivity (Wildman–Crippen MR) is 121 cm³/mol. The number of hydrogen-bond donors (Lipinski definition) is 6. The van der Waals surface area contributed by atoms with E-state index in [1.807, 2.05) is 0 Å². The standard InChI is InChI=1S/C21H25ClN6O4/c22-16-7-3-4-8-17(16)32-12-13(29)11-24-9-10-25-21(31)19(30)18-14-5-1-2-6-15(14)20(26-23)28-27-18/h1-8,13,19,24,29-30H,9-12,23H2,(H,25,31)(H,26,28). The summed E-state index contributed by atoms with van der Waals surface area (Å²) in [6.07, 6.45) is -2.25. The molecule has 3 aromatic rings. The number of carbonyl (C=O) groups is 1. The molecule has 0 radical (unpaired) electrons. The first kappa shape index (κ1) is 23.6. The van der Waals surface area contributed by atoms with Crippen LogP contribution >= 0.6 is 11.6 Å². The molecular formula is C21H25ClN6O4. The van der Waals surface area contributed by atoms with Gasteiger partial charge < -0.3 is 31.0 Å². The summed E-state index contributed by atoms with van der Waals surface area (Å²) < 4.78 is 5.48. The maximum atomic E-state index is 12.4. The molecule has 2 aromatic carbocycles. The predicted octanol–water partition coefficient (Wildman–Crippen LogP) is 0.748. The number of rotatable bonds is 11. The van der Waals surface area contributed by atoms with Crippen molar-refractivity contribution in [1.82, 2.24) is 20.8 Å². The van der Waals surface area contributed by atoms with Gasteiger partial charge in [-0.05, 0) is 12.1 Å². The van der Waals surface area contributed by atoms with E-state index in [4.69, 9.17) is 22.2 Å². The van der Waals surface area contributed by atoms with E-state index in [0.29, 0.717) is 33.9 Å². The molecule has 1 amide bonds. The third-order valence-corrected chi connectivity index (χ3v) is 4.92. The summed E-state index contributed by atoms with van der Waals surface area (Å²) in [5.41, 5.74) is 2.58. The number of aliphatic hydroxyl groups is 2. The highest BCUT2D eigenvalue weighted by Gasteiger charge is 2.22. The molecule has 7 N–H and O–H groups in total. The lowest BCUT2D eigenvalue weighted by atomic mass is 10.1. The Hall–Kier alpha value is -3.02. The van der Waals surface area contributed by atoms with Crippen molar-refractivity contribution in [1.29, 1.82) is 0 Å². The number of aliphatic hydroxyl groups excluding tert-OH is 2. The SMILES string of the molecule is NNc1nnc(C(O)C(=O)NCCNCC(O)COc2ccccc2Cl)c2ccccc12. The van der Waals surface area contributed by atoms with Crippen LogP contribution in [-0.4, -0.2) is 58.7 Å². The number of para-hydroxylation sites is 1. The number of anilines is 1. The van der Waals surface area contributed by atoms with Crippen molar-refractivity contribution in [2.24, 2.45) is 5.84 Å². The Morgan fingerprint density at radius 3 is 2.53 bits per heavy atom. The van der Waals surface area contributed by atoms with E-state index in [0.717, 1.165) is 0 Å². The summed E-state index contributed by atoms with van der Waals surface area (Å²) in [6.45, 7) is 0.944. The number of benzene rings is 2. The van der Waals surface area contributed by atoms with Gasteiger partial charge in [0.25, 0.3) is 5.91 Å². The van der Waals surface area contributed by atoms with Crippen LogP contribution in [0.25, 0.3) is 10.8 Å². The Morgan fingerprint density at radius 2 is 1.78 bits per heavy atom. The second-order valence-corrected chi connectivity index (χ2v) is 7.32. The number of aromatic nitrogens is 2. The number of ether oxygens (including phenoxy) is 1. The number of nitrogen functional groups attached to an aromatic ring is 1. The van der Waals surface area contributed by atoms with Crippen molar-refractivity contribution in [3.05, 3.63) is 59.2 Å². The lowest BCUT2D eigenvalue weighted by molar-refractivity contribution is -0.129. The summed E-state index contributed by atoms with van der Waals surface area (Å²) in [4.78, 5) is 12.4. The van der Waals surface area contributed by atoms with Crippen LogP contribution in [0.15, 0.2) is 48.5 Å². The summed E-state index contributed by atoms with van der Waals surface area (Å²) in [5, 5.41) is 35.6. The zero-order valence-corrected chi connectivity index (χ0v) is 17.9. The Bertz CT molecular complexity index is 1050. The molecule has 0 saturated heterocycles. The normalized spacial score (nSPS) is 12.9. The van der Waals surface area contributed by atoms with Gasteiger partial charge >= 0.3 is 0 Å². The van der Waals surface area contributed by atoms with E-state index in [1.54, 1.807) is 48.5 Å². The van der Waals surface area contributed by atoms with Gasteiger partial charge in [0.05, 0.1) is 5.02 Å². The molecular weight excluding hydrogens is 436 g/mol. The summed E-state index contributed by atoms with van der Waals surface area (Å²) >= 11 is 6.00. The molecule has 1 aromatic heterocycles. The molecule has 0 spiro atoms. The zero-order chi connectivity index (χ0) is 22.9. The summed E-state index contributed by atoms with van der Waals surface area (Å²) in [6, 6.07) is 14.1. The minimum Gasteiger partial charge on any atom is -0.489 e. The Labute approximate surface area is 189 Å². The largest absolute Gasteiger partial charge is 0.489 e. The first-order valence-corrected chi connectivity index (χ1v) is 10.3. The van der Waals surface area contributed by atoms with Crippen molar-refractivity contribution in [3.8, 4) is 5.75 Å². The lowest BCUT2D eigenvalue weighted by Crippen LogP contribution is -2.38. The van der Waals surface area contributed by atoms with Gasteiger partial charge in [0.2, 0.25) is 0 Å². The molecule has 170 valence electrons. The molecule has 2 unspecified atom stereocenters. The van der Waals surface area contributed by atoms with Gasteiger partial charge in [0.15, 0.2) is 11.9 Å². The number of hydrazine groups is 1. The molecule has 3 rings (SSSR count). The van der Waals surface area contributed by atoms with Gasteiger partial charge in [-0.15, -0.1) is 10.2 Å². The van der Waals surface area contributed by atoms with Crippen LogP contribution in [0.1, 0.15) is 11.8 Å². The molecule has 0 saturated carbocycles. The van der Waals surface area contributed by atoms with E-state index >= 15 is 0 Å². The molecule has 10 nitrogen and oxygen atoms in total. The van der Waals surface area contributed by atoms with Crippen LogP contribution in [0.4, 0.5) is 5.82 Å². The quantitative estimate of drug-likeness (QED) is 0.138. The summed E-state index contributed by atoms with van der Waals surface area (Å²) in [7, 11) is 0. The van der Waals surface area contributed by atoms with Gasteiger partial charge in [-0.2, -0.15) is 0 Å². The monoisotopic (exact) mass is 460 g/mol. The van der Waals surface area contributed by atoms with Crippen molar-refractivity contribution < 1.29 is 19.7 Å². The molecule has 2 atom stereocenters. The van der Waals surface area contributed by atoms with Crippen LogP contribution in [0.2, 0.25) is 5.02 Å². The number of halogens is 1. The average molecular weight is 461 g/mol. The smallest absolute Gasteiger partial charge is 0.255 e. The Balaban J connectivity index is 1.42. The zero-order valence-electron chi connectivity index (χ0n) is 17.2. The lowest BCUT2D eigenvalue weighted by Gasteiger charge is -2.15. The molecule has 32 heavy (non-hydrogen) atoms. The third kappa shape index (κ3) is 6.02. The van der Waals surface area contributed by atoms with Crippen molar-refractivity contribution in [2.45, 2.75) is 12.2 Å². The molecule has 11 heteroatoms. The average Bonchev–Trinajstić information content (AvgIpc) is 2.82. The van der Waals surface area contributed by atoms with Gasteiger partial charge in [-0.1, -0.05) is 48.0 Å². The Kier molecular flexibility index (Phi) is 8.54. The number of nitrogens with two attached hydrogens (primary N) is 1. The topological polar surface area (TPSA) is 155 Å². The minimum absolute atomic E-state index is 0.0706. The van der Waals surface area contributed by atoms with Gasteiger partial charge in [0, 0.05) is 30.4 Å². The van der Waals surface area contributed by atoms with Crippen LogP contribution in [0.3, 0.4) is 0 Å². The number of amides is 1. The van der Waals surface area contributed by atoms with E-state index in [2.05, 4.69) is 26.3 Å². The highest BCUT2D eigenvalue weighted by atomic mass is 35.5. The van der Waals surface area contributed by atoms with Crippen LogP contribution in [-0.2, 0) is 4.79 Å². The van der Waals surface area contributed by atoms with Crippen molar-refractivity contribution >= 4 is 34.1 Å². The van der Waals surface area contributed by atoms with E-state index in [1.165, 1.54) is 0 Å². The minimum atomic E-state index is -1.49. The molecule has 0 aliphatic rings. The number of nitrogens with one attached hydrogen (secondary N) is 3. The number of nitrogens with zero attached hydrogens (tertiary/aromatic N) is 2. The van der Waals surface area contributed by atoms with Gasteiger partial charge in [-0.3, -0.25) is 4.79 Å². The molecule has 1 heterocycles. The first-order valence-electron chi connectivity index (χ1n) is 9.95. The van der Waals surface area contributed by atoms with Crippen LogP contribution < -0.4 is 26.6 Å². The molecule has 0 aliphatic heterocycles. The highest BCUT2D eigenvalue weighted by molar-refractivity contribution is 6.32. The second-order valence-electron chi connectivity index (χ2n) is 6.92. The van der Waals surface area contributed by atoms with E-state index < -0.39 is 18.1 Å². The molecule has 0 bridgehead atoms. The maximum Gasteiger partial charge on any atom is 0.255 e. The fourth-order valence-electron chi connectivity index (χ4n) is 3.00. The highest BCUT2D eigenvalue weighted by Crippen LogP contribution is 2.26. The maximum absolute atomic E-state index is 12.4. The third-order valence-electron chi connectivity index (χ3n) is 4.61. The molecule has 0 fully saturated rings. The van der Waals surface area contributed by atoms with Crippen molar-refractivity contribution in [3.63, 3.8) is 0 Å². The fraction of sp³-hybridized carbons (Fsp3) is 0.286. The number of fused-ring (bicyclic) bond motifs is 1. The first-order chi connectivity index (χ1) is 15.5. The van der Waals surface area contributed by atoms with Gasteiger partial charge in [-0.25, -0.2) is 5.84 Å². The van der Waals surface area contributed by atoms with Crippen molar-refractivity contribution in [2.75, 3.05) is 31.7 Å². The number of carbonyl (C=O) groups excluding carboxylic acids is 1. The van der Waals surface area contributed by atoms with E-state index in [9.17, 15) is 15.0 Å². The van der Waals surface area contributed by atoms with Crippen LogP contribution in [0.5, 0.6) is 5.75 Å². The van der Waals surface area contributed by atoms with Gasteiger partial charge in [0.1, 0.15) is 24.2 Å². The van der Waals surface area contributed by atoms with Crippen LogP contribution in [0, 0.1) is 0 Å². The number of hydrogen-bond acceptors (Lipinski definition) is 9.